The van der Waals surface area contributed by atoms with Gasteiger partial charge < -0.3 is 15.4 Å². The molecule has 0 aromatic heterocycles. The topological polar surface area (TPSA) is 114 Å². The van der Waals surface area contributed by atoms with Crippen molar-refractivity contribution in [3.8, 4) is 0 Å². The summed E-state index contributed by atoms with van der Waals surface area (Å²) in [5, 5.41) is 7.68. The molecule has 0 bridgehead atoms. The molecule has 1 unspecified atom stereocenters. The lowest BCUT2D eigenvalue weighted by Crippen LogP contribution is -2.49. The molecule has 8 nitrogen and oxygen atoms in total. The summed E-state index contributed by atoms with van der Waals surface area (Å²) in [7, 11) is 0. The molecule has 0 aliphatic rings. The minimum Gasteiger partial charge on any atom is -0.454 e. The van der Waals surface area contributed by atoms with Gasteiger partial charge in [0.2, 0.25) is 0 Å². The van der Waals surface area contributed by atoms with Gasteiger partial charge in [0.1, 0.15) is 6.04 Å². The summed E-state index contributed by atoms with van der Waals surface area (Å²) in [5.41, 5.74) is -0.378. The van der Waals surface area contributed by atoms with Crippen molar-refractivity contribution in [1.82, 2.24) is 16.0 Å². The van der Waals surface area contributed by atoms with Gasteiger partial charge in [-0.1, -0.05) is 23.2 Å². The van der Waals surface area contributed by atoms with Crippen LogP contribution >= 0.6 is 35.0 Å². The number of thioether (sulfide) groups is 1. The predicted molar refractivity (Wildman–Crippen MR) is 118 cm³/mol. The van der Waals surface area contributed by atoms with Crippen LogP contribution in [0, 0.1) is 0 Å². The van der Waals surface area contributed by atoms with Crippen LogP contribution in [-0.4, -0.2) is 54.0 Å². The van der Waals surface area contributed by atoms with Gasteiger partial charge in [0.25, 0.3) is 11.8 Å². The molecule has 0 aliphatic carbocycles. The van der Waals surface area contributed by atoms with Gasteiger partial charge in [0.15, 0.2) is 6.61 Å². The number of nitrogens with one attached hydrogen (secondary N) is 3. The highest BCUT2D eigenvalue weighted by atomic mass is 35.5. The molecule has 30 heavy (non-hydrogen) atoms. The number of amides is 4. The Labute approximate surface area is 189 Å². The number of hydrogen-bond acceptors (Lipinski definition) is 6. The summed E-state index contributed by atoms with van der Waals surface area (Å²) in [4.78, 5) is 48.4. The number of halogens is 2. The van der Waals surface area contributed by atoms with Gasteiger partial charge in [-0.2, -0.15) is 11.8 Å². The lowest BCUT2D eigenvalue weighted by molar-refractivity contribution is -0.150. The molecular weight excluding hydrogens is 453 g/mol. The van der Waals surface area contributed by atoms with Crippen LogP contribution in [0.3, 0.4) is 0 Å². The zero-order chi connectivity index (χ0) is 22.9. The molecule has 0 heterocycles. The largest absolute Gasteiger partial charge is 0.454 e. The van der Waals surface area contributed by atoms with Crippen molar-refractivity contribution in [1.29, 1.82) is 0 Å². The zero-order valence-corrected chi connectivity index (χ0v) is 19.5. The van der Waals surface area contributed by atoms with Crippen molar-refractivity contribution in [2.45, 2.75) is 38.8 Å². The zero-order valence-electron chi connectivity index (χ0n) is 17.1. The van der Waals surface area contributed by atoms with E-state index in [0.717, 1.165) is 0 Å². The molecule has 0 fully saturated rings. The van der Waals surface area contributed by atoms with E-state index in [1.165, 1.54) is 30.0 Å². The molecule has 11 heteroatoms. The molecule has 1 atom stereocenters. The van der Waals surface area contributed by atoms with Crippen molar-refractivity contribution in [3.63, 3.8) is 0 Å². The summed E-state index contributed by atoms with van der Waals surface area (Å²) >= 11 is 13.3. The number of urea groups is 1. The van der Waals surface area contributed by atoms with Gasteiger partial charge in [-0.15, -0.1) is 0 Å². The number of imide groups is 1. The maximum Gasteiger partial charge on any atom is 0.329 e. The van der Waals surface area contributed by atoms with E-state index in [1.807, 2.05) is 6.26 Å². The van der Waals surface area contributed by atoms with Gasteiger partial charge >= 0.3 is 12.0 Å². The molecule has 3 N–H and O–H groups in total. The summed E-state index contributed by atoms with van der Waals surface area (Å²) in [6.07, 6.45) is 2.13. The third kappa shape index (κ3) is 9.69. The standard InChI is InChI=1S/C19H25Cl2N3O5S/c1-19(2,3)24-18(28)23-15(25)10-29-17(27)14(7-8-30-4)22-16(26)12-6-5-11(20)9-13(12)21/h5-6,9,14H,7-8,10H2,1-4H3,(H,22,26)(H2,23,24,25,28). The lowest BCUT2D eigenvalue weighted by atomic mass is 10.1. The Morgan fingerprint density at radius 3 is 2.40 bits per heavy atom. The molecule has 0 aliphatic heterocycles. The van der Waals surface area contributed by atoms with Gasteiger partial charge in [0, 0.05) is 10.6 Å². The molecule has 0 spiro atoms. The van der Waals surface area contributed by atoms with Crippen LogP contribution in [0.5, 0.6) is 0 Å². The van der Waals surface area contributed by atoms with Gasteiger partial charge in [-0.25, -0.2) is 9.59 Å². The van der Waals surface area contributed by atoms with Crippen LogP contribution in [0.1, 0.15) is 37.6 Å². The Bertz CT molecular complexity index is 799. The fraction of sp³-hybridized carbons (Fsp3) is 0.474. The highest BCUT2D eigenvalue weighted by Gasteiger charge is 2.25. The number of hydrogen-bond donors (Lipinski definition) is 3. The fourth-order valence-electron chi connectivity index (χ4n) is 2.17. The van der Waals surface area contributed by atoms with E-state index >= 15 is 0 Å². The van der Waals surface area contributed by atoms with Crippen molar-refractivity contribution < 1.29 is 23.9 Å². The molecule has 0 saturated heterocycles. The predicted octanol–water partition coefficient (Wildman–Crippen LogP) is 3.01. The smallest absolute Gasteiger partial charge is 0.329 e. The van der Waals surface area contributed by atoms with E-state index < -0.39 is 42.0 Å². The average Bonchev–Trinajstić information content (AvgIpc) is 2.61. The molecule has 0 saturated carbocycles. The fourth-order valence-corrected chi connectivity index (χ4v) is 3.13. The number of carbonyl (C=O) groups excluding carboxylic acids is 4. The Morgan fingerprint density at radius 2 is 1.83 bits per heavy atom. The number of rotatable bonds is 8. The van der Waals surface area contributed by atoms with Crippen LogP contribution < -0.4 is 16.0 Å². The monoisotopic (exact) mass is 477 g/mol. The molecule has 4 amide bonds. The first kappa shape index (κ1) is 26.1. The van der Waals surface area contributed by atoms with E-state index in [0.29, 0.717) is 10.8 Å². The Hall–Kier alpha value is -1.97. The first-order valence-electron chi connectivity index (χ1n) is 8.96. The molecular formula is C19H25Cl2N3O5S. The highest BCUT2D eigenvalue weighted by molar-refractivity contribution is 7.98. The van der Waals surface area contributed by atoms with Crippen molar-refractivity contribution in [2.75, 3.05) is 18.6 Å². The Morgan fingerprint density at radius 1 is 1.17 bits per heavy atom. The first-order chi connectivity index (χ1) is 13.9. The maximum atomic E-state index is 12.5. The summed E-state index contributed by atoms with van der Waals surface area (Å²) in [5.74, 6) is -1.60. The Balaban J connectivity index is 2.69. The van der Waals surface area contributed by atoms with Crippen LogP contribution in [0.4, 0.5) is 4.79 Å². The normalized spacial score (nSPS) is 11.9. The second-order valence-electron chi connectivity index (χ2n) is 7.29. The summed E-state index contributed by atoms with van der Waals surface area (Å²) in [6, 6.07) is 2.67. The molecule has 1 rings (SSSR count). The molecule has 0 radical (unpaired) electrons. The summed E-state index contributed by atoms with van der Waals surface area (Å²) in [6.45, 7) is 4.60. The van der Waals surface area contributed by atoms with E-state index in [4.69, 9.17) is 27.9 Å². The van der Waals surface area contributed by atoms with Crippen LogP contribution in [0.2, 0.25) is 10.0 Å². The van der Waals surface area contributed by atoms with E-state index in [-0.39, 0.29) is 17.0 Å². The second kappa shape index (κ2) is 12.0. The minimum atomic E-state index is -0.993. The van der Waals surface area contributed by atoms with Crippen molar-refractivity contribution >= 4 is 58.8 Å². The van der Waals surface area contributed by atoms with Crippen LogP contribution in [0.25, 0.3) is 0 Å². The van der Waals surface area contributed by atoms with Gasteiger partial charge in [0.05, 0.1) is 10.6 Å². The minimum absolute atomic E-state index is 0.140. The SMILES string of the molecule is CSCCC(NC(=O)c1ccc(Cl)cc1Cl)C(=O)OCC(=O)NC(=O)NC(C)(C)C. The maximum absolute atomic E-state index is 12.5. The quantitative estimate of drug-likeness (QED) is 0.495. The molecule has 1 aromatic rings. The number of ether oxygens (including phenoxy) is 1. The molecule has 166 valence electrons. The third-order valence-electron chi connectivity index (χ3n) is 3.46. The first-order valence-corrected chi connectivity index (χ1v) is 11.1. The van der Waals surface area contributed by atoms with Crippen molar-refractivity contribution in [2.24, 2.45) is 0 Å². The van der Waals surface area contributed by atoms with E-state index in [2.05, 4.69) is 16.0 Å². The highest BCUT2D eigenvalue weighted by Crippen LogP contribution is 2.21. The third-order valence-corrected chi connectivity index (χ3v) is 4.66. The van der Waals surface area contributed by atoms with Crippen LogP contribution in [0.15, 0.2) is 18.2 Å². The lowest BCUT2D eigenvalue weighted by Gasteiger charge is -2.20. The van der Waals surface area contributed by atoms with Crippen molar-refractivity contribution in [3.05, 3.63) is 33.8 Å². The van der Waals surface area contributed by atoms with E-state index in [1.54, 1.807) is 20.8 Å². The number of carbonyl (C=O) groups is 4. The van der Waals surface area contributed by atoms with Gasteiger partial charge in [-0.05, 0) is 57.4 Å². The second-order valence-corrected chi connectivity index (χ2v) is 9.12. The average molecular weight is 478 g/mol. The summed E-state index contributed by atoms with van der Waals surface area (Å²) < 4.78 is 4.97. The molecule has 1 aromatic carbocycles. The van der Waals surface area contributed by atoms with Gasteiger partial charge in [-0.3, -0.25) is 14.9 Å². The van der Waals surface area contributed by atoms with E-state index in [9.17, 15) is 19.2 Å². The Kier molecular flexibility index (Phi) is 10.4. The number of benzene rings is 1. The number of esters is 1. The van der Waals surface area contributed by atoms with Crippen LogP contribution in [-0.2, 0) is 14.3 Å².